The van der Waals surface area contributed by atoms with E-state index in [0.29, 0.717) is 24.8 Å². The summed E-state index contributed by atoms with van der Waals surface area (Å²) in [5, 5.41) is 0. The first-order valence-corrected chi connectivity index (χ1v) is 8.93. The van der Waals surface area contributed by atoms with Crippen LogP contribution in [0.1, 0.15) is 17.0 Å². The van der Waals surface area contributed by atoms with Crippen LogP contribution in [0.25, 0.3) is 11.2 Å². The number of nitrogens with two attached hydrogens (primary N) is 1. The third kappa shape index (κ3) is 3.80. The number of aromatic nitrogens is 4. The van der Waals surface area contributed by atoms with E-state index in [1.165, 1.54) is 5.56 Å². The van der Waals surface area contributed by atoms with E-state index >= 15 is 0 Å². The van der Waals surface area contributed by atoms with Crippen LogP contribution in [0.5, 0.6) is 11.8 Å². The predicted octanol–water partition coefficient (Wildman–Crippen LogP) is 3.48. The van der Waals surface area contributed by atoms with Crippen molar-refractivity contribution in [2.45, 2.75) is 19.9 Å². The first kappa shape index (κ1) is 17.2. The monoisotopic (exact) mass is 359 g/mol. The summed E-state index contributed by atoms with van der Waals surface area (Å²) < 4.78 is 7.96. The lowest BCUT2D eigenvalue weighted by Crippen LogP contribution is -2.04. The third-order valence-electron chi connectivity index (χ3n) is 4.38. The van der Waals surface area contributed by atoms with Crippen LogP contribution in [0.2, 0.25) is 0 Å². The van der Waals surface area contributed by atoms with Crippen LogP contribution in [-0.2, 0) is 13.0 Å². The minimum atomic E-state index is 0.307. The minimum absolute atomic E-state index is 0.307. The van der Waals surface area contributed by atoms with E-state index in [4.69, 9.17) is 10.5 Å². The molecule has 0 amide bonds. The van der Waals surface area contributed by atoms with Crippen molar-refractivity contribution in [1.29, 1.82) is 0 Å². The average molecular weight is 359 g/mol. The molecule has 0 spiro atoms. The van der Waals surface area contributed by atoms with Crippen molar-refractivity contribution in [1.82, 2.24) is 19.5 Å². The lowest BCUT2D eigenvalue weighted by molar-refractivity contribution is 0.443. The highest BCUT2D eigenvalue weighted by molar-refractivity contribution is 5.71. The zero-order chi connectivity index (χ0) is 18.6. The molecule has 136 valence electrons. The van der Waals surface area contributed by atoms with Gasteiger partial charge in [0, 0.05) is 0 Å². The fourth-order valence-electron chi connectivity index (χ4n) is 3.06. The molecular formula is C21H21N5O. The molecule has 2 aromatic carbocycles. The average Bonchev–Trinajstić information content (AvgIpc) is 2.98. The second-order valence-corrected chi connectivity index (χ2v) is 6.38. The Bertz CT molecular complexity index is 1060. The van der Waals surface area contributed by atoms with Crippen LogP contribution in [0, 0.1) is 6.92 Å². The molecule has 0 radical (unpaired) electrons. The predicted molar refractivity (Wildman–Crippen MR) is 105 cm³/mol. The molecule has 0 aliphatic carbocycles. The molecule has 4 rings (SSSR count). The summed E-state index contributed by atoms with van der Waals surface area (Å²) in [5.41, 5.74) is 9.47. The lowest BCUT2D eigenvalue weighted by atomic mass is 10.1. The van der Waals surface area contributed by atoms with E-state index in [-0.39, 0.29) is 0 Å². The van der Waals surface area contributed by atoms with Gasteiger partial charge in [0.25, 0.3) is 0 Å². The number of imidazole rings is 1. The maximum atomic E-state index is 5.88. The number of hydrogen-bond donors (Lipinski definition) is 1. The summed E-state index contributed by atoms with van der Waals surface area (Å²) in [7, 11) is 0. The molecule has 0 saturated heterocycles. The highest BCUT2D eigenvalue weighted by Crippen LogP contribution is 2.22. The van der Waals surface area contributed by atoms with Gasteiger partial charge < -0.3 is 15.0 Å². The second kappa shape index (κ2) is 7.55. The van der Waals surface area contributed by atoms with Gasteiger partial charge in [0.2, 0.25) is 0 Å². The summed E-state index contributed by atoms with van der Waals surface area (Å²) in [6, 6.07) is 18.4. The number of hydrogen-bond acceptors (Lipinski definition) is 5. The molecule has 0 aliphatic rings. The zero-order valence-corrected chi connectivity index (χ0v) is 15.2. The quantitative estimate of drug-likeness (QED) is 0.570. The first-order valence-electron chi connectivity index (χ1n) is 8.93. The third-order valence-corrected chi connectivity index (χ3v) is 4.38. The Kier molecular flexibility index (Phi) is 4.80. The Labute approximate surface area is 157 Å². The first-order chi connectivity index (χ1) is 13.2. The minimum Gasteiger partial charge on any atom is -0.424 e. The van der Waals surface area contributed by atoms with Crippen molar-refractivity contribution in [2.75, 3.05) is 6.54 Å². The molecule has 6 nitrogen and oxygen atoms in total. The summed E-state index contributed by atoms with van der Waals surface area (Å²) in [4.78, 5) is 13.5. The maximum Gasteiger partial charge on any atom is 0.324 e. The van der Waals surface area contributed by atoms with Gasteiger partial charge >= 0.3 is 6.01 Å². The summed E-state index contributed by atoms with van der Waals surface area (Å²) >= 11 is 0. The largest absolute Gasteiger partial charge is 0.424 e. The van der Waals surface area contributed by atoms with Gasteiger partial charge in [-0.1, -0.05) is 42.5 Å². The smallest absolute Gasteiger partial charge is 0.324 e. The molecule has 0 fully saturated rings. The fraction of sp³-hybridized carbons (Fsp3) is 0.190. The van der Waals surface area contributed by atoms with Crippen molar-refractivity contribution in [3.63, 3.8) is 0 Å². The SMILES string of the molecule is Cc1nc2cnc(Oc3cccc(CCN)c3)nc2n1Cc1ccccc1. The molecular weight excluding hydrogens is 338 g/mol. The van der Waals surface area contributed by atoms with Crippen LogP contribution in [0.15, 0.2) is 60.8 Å². The van der Waals surface area contributed by atoms with E-state index < -0.39 is 0 Å². The Morgan fingerprint density at radius 3 is 2.63 bits per heavy atom. The Balaban J connectivity index is 1.65. The number of ether oxygens (including phenoxy) is 1. The van der Waals surface area contributed by atoms with Gasteiger partial charge in [-0.2, -0.15) is 4.98 Å². The molecule has 0 saturated carbocycles. The van der Waals surface area contributed by atoms with Gasteiger partial charge in [-0.15, -0.1) is 0 Å². The topological polar surface area (TPSA) is 78.8 Å². The van der Waals surface area contributed by atoms with E-state index in [1.54, 1.807) is 6.20 Å². The molecule has 6 heteroatoms. The molecule has 0 bridgehead atoms. The number of benzene rings is 2. The summed E-state index contributed by atoms with van der Waals surface area (Å²) in [6.07, 6.45) is 2.51. The van der Waals surface area contributed by atoms with Crippen LogP contribution in [0.4, 0.5) is 0 Å². The van der Waals surface area contributed by atoms with E-state index in [0.717, 1.165) is 29.0 Å². The van der Waals surface area contributed by atoms with Crippen molar-refractivity contribution < 1.29 is 4.74 Å². The highest BCUT2D eigenvalue weighted by atomic mass is 16.5. The number of rotatable bonds is 6. The molecule has 0 unspecified atom stereocenters. The summed E-state index contributed by atoms with van der Waals surface area (Å²) in [6.45, 7) is 3.27. The van der Waals surface area contributed by atoms with Crippen molar-refractivity contribution >= 4 is 11.2 Å². The van der Waals surface area contributed by atoms with Crippen LogP contribution >= 0.6 is 0 Å². The maximum absolute atomic E-state index is 5.88. The van der Waals surface area contributed by atoms with E-state index in [1.807, 2.05) is 49.4 Å². The Morgan fingerprint density at radius 2 is 1.81 bits per heavy atom. The number of nitrogens with zero attached hydrogens (tertiary/aromatic N) is 4. The second-order valence-electron chi connectivity index (χ2n) is 6.38. The van der Waals surface area contributed by atoms with Gasteiger partial charge in [-0.3, -0.25) is 0 Å². The molecule has 2 aromatic heterocycles. The molecule has 4 aromatic rings. The number of aryl methyl sites for hydroxylation is 1. The van der Waals surface area contributed by atoms with Gasteiger partial charge in [-0.05, 0) is 43.1 Å². The molecule has 0 aliphatic heterocycles. The van der Waals surface area contributed by atoms with E-state index in [9.17, 15) is 0 Å². The van der Waals surface area contributed by atoms with Gasteiger partial charge in [0.1, 0.15) is 17.1 Å². The Hall–Kier alpha value is -3.25. The van der Waals surface area contributed by atoms with Gasteiger partial charge in [0.05, 0.1) is 12.7 Å². The molecule has 2 heterocycles. The Morgan fingerprint density at radius 1 is 1.00 bits per heavy atom. The highest BCUT2D eigenvalue weighted by Gasteiger charge is 2.12. The normalized spacial score (nSPS) is 11.0. The van der Waals surface area contributed by atoms with Gasteiger partial charge in [0.15, 0.2) is 5.65 Å². The van der Waals surface area contributed by atoms with Crippen molar-refractivity contribution in [3.05, 3.63) is 77.7 Å². The molecule has 27 heavy (non-hydrogen) atoms. The standard InChI is InChI=1S/C21H21N5O/c1-15-24-19-13-23-21(27-18-9-5-8-16(12-18)10-11-22)25-20(19)26(15)14-17-6-3-2-4-7-17/h2-9,12-13H,10-11,14,22H2,1H3. The van der Waals surface area contributed by atoms with Gasteiger partial charge in [-0.25, -0.2) is 9.97 Å². The van der Waals surface area contributed by atoms with E-state index in [2.05, 4.69) is 31.7 Å². The zero-order valence-electron chi connectivity index (χ0n) is 15.2. The van der Waals surface area contributed by atoms with Crippen LogP contribution in [-0.4, -0.2) is 26.1 Å². The molecule has 0 atom stereocenters. The molecule has 2 N–H and O–H groups in total. The summed E-state index contributed by atoms with van der Waals surface area (Å²) in [5.74, 6) is 1.59. The van der Waals surface area contributed by atoms with Crippen LogP contribution in [0.3, 0.4) is 0 Å². The van der Waals surface area contributed by atoms with Crippen molar-refractivity contribution in [3.8, 4) is 11.8 Å². The lowest BCUT2D eigenvalue weighted by Gasteiger charge is -2.08. The number of fused-ring (bicyclic) bond motifs is 1. The van der Waals surface area contributed by atoms with Crippen molar-refractivity contribution in [2.24, 2.45) is 5.73 Å². The van der Waals surface area contributed by atoms with Crippen LogP contribution < -0.4 is 10.5 Å². The fourth-order valence-corrected chi connectivity index (χ4v) is 3.06.